The molecule has 1 aliphatic rings. The normalized spacial score (nSPS) is 22.1. The lowest BCUT2D eigenvalue weighted by molar-refractivity contribution is -0.144. The summed E-state index contributed by atoms with van der Waals surface area (Å²) < 4.78 is 37.4. The second-order valence-electron chi connectivity index (χ2n) is 7.98. The van der Waals surface area contributed by atoms with Crippen molar-refractivity contribution in [1.82, 2.24) is 24.6 Å². The Morgan fingerprint density at radius 2 is 2.17 bits per heavy atom. The number of esters is 1. The van der Waals surface area contributed by atoms with E-state index in [4.69, 9.17) is 24.3 Å². The van der Waals surface area contributed by atoms with Crippen molar-refractivity contribution in [2.75, 3.05) is 18.9 Å². The van der Waals surface area contributed by atoms with Gasteiger partial charge in [-0.2, -0.15) is 5.09 Å². The third-order valence-electron chi connectivity index (χ3n) is 5.33. The number of nitrogens with zero attached hydrogens (tertiary/aromatic N) is 4. The third-order valence-corrected chi connectivity index (χ3v) is 6.97. The number of aromatic nitrogens is 4. The van der Waals surface area contributed by atoms with Crippen molar-refractivity contribution in [2.24, 2.45) is 0 Å². The quantitative estimate of drug-likeness (QED) is 0.192. The van der Waals surface area contributed by atoms with Crippen molar-refractivity contribution >= 4 is 30.7 Å². The van der Waals surface area contributed by atoms with Crippen LogP contribution in [0.2, 0.25) is 0 Å². The van der Waals surface area contributed by atoms with Gasteiger partial charge in [0.1, 0.15) is 42.6 Å². The van der Waals surface area contributed by atoms with Crippen molar-refractivity contribution in [3.8, 4) is 5.75 Å². The molecule has 0 aliphatic carbocycles. The topological polar surface area (TPSA) is 173 Å². The van der Waals surface area contributed by atoms with Crippen LogP contribution in [0, 0.1) is 0 Å². The van der Waals surface area contributed by atoms with E-state index < -0.39 is 38.2 Å². The predicted molar refractivity (Wildman–Crippen MR) is 129 cm³/mol. The number of carbonyl (C=O) groups excluding carboxylic acids is 1. The fourth-order valence-electron chi connectivity index (χ4n) is 3.55. The molecule has 14 heteroatoms. The zero-order chi connectivity index (χ0) is 25.7. The Bertz CT molecular complexity index is 1260. The fourth-order valence-corrected chi connectivity index (χ4v) is 5.06. The number of nitrogen functional groups attached to an aromatic ring is 1. The average molecular weight is 518 g/mol. The average Bonchev–Trinajstić information content (AvgIpc) is 3.46. The highest BCUT2D eigenvalue weighted by molar-refractivity contribution is 7.52. The van der Waals surface area contributed by atoms with Crippen molar-refractivity contribution in [1.29, 1.82) is 0 Å². The van der Waals surface area contributed by atoms with E-state index in [1.54, 1.807) is 34.9 Å². The number of nitrogens with two attached hydrogens (primary N) is 1. The molecule has 1 saturated heterocycles. The molecule has 3 aromatic rings. The molecule has 0 bridgehead atoms. The fraction of sp³-hybridized carbons (Fsp3) is 0.364. The molecule has 1 fully saturated rings. The summed E-state index contributed by atoms with van der Waals surface area (Å²) in [6.07, 6.45) is 1.99. The number of anilines is 1. The third kappa shape index (κ3) is 5.89. The summed E-state index contributed by atoms with van der Waals surface area (Å²) in [5.74, 6) is -0.184. The van der Waals surface area contributed by atoms with Crippen LogP contribution >= 0.6 is 7.75 Å². The number of hydrogen-bond acceptors (Lipinski definition) is 11. The number of aliphatic hydroxyl groups excluding tert-OH is 1. The van der Waals surface area contributed by atoms with Crippen LogP contribution in [0.15, 0.2) is 55.6 Å². The van der Waals surface area contributed by atoms with Crippen LogP contribution in [0.1, 0.15) is 19.6 Å². The summed E-state index contributed by atoms with van der Waals surface area (Å²) in [5, 5.41) is 13.2. The van der Waals surface area contributed by atoms with E-state index in [1.807, 2.05) is 0 Å². The standard InChI is InChI=1S/C22H27N6O7P/c1-3-9-32-22(30)14(2)27-36(31,35-15-7-5-4-6-8-15)33-11-17-16(29)10-18(34-17)28-13-26-19-20(23)24-12-25-21(19)28/h3-8,12-14,16-18,29H,1,9-11H2,2H3,(H,27,31)(H2,23,24,25)/t14-,16+,17-,18-,36-/m0/s1. The van der Waals surface area contributed by atoms with Crippen LogP contribution in [0.4, 0.5) is 5.82 Å². The van der Waals surface area contributed by atoms with Gasteiger partial charge in [0.2, 0.25) is 0 Å². The molecule has 0 spiro atoms. The molecular formula is C22H27N6O7P. The Labute approximate surface area is 206 Å². The van der Waals surface area contributed by atoms with Gasteiger partial charge in [-0.3, -0.25) is 13.9 Å². The number of ether oxygens (including phenoxy) is 2. The number of carbonyl (C=O) groups is 1. The molecule has 1 aliphatic heterocycles. The number of imidazole rings is 1. The van der Waals surface area contributed by atoms with Gasteiger partial charge in [-0.25, -0.2) is 19.5 Å². The maximum atomic E-state index is 13.6. The summed E-state index contributed by atoms with van der Waals surface area (Å²) in [6.45, 7) is 4.65. The van der Waals surface area contributed by atoms with Crippen LogP contribution in [-0.2, 0) is 23.4 Å². The summed E-state index contributed by atoms with van der Waals surface area (Å²) >= 11 is 0. The van der Waals surface area contributed by atoms with Gasteiger partial charge in [-0.15, -0.1) is 0 Å². The number of aliphatic hydroxyl groups is 1. The van der Waals surface area contributed by atoms with Gasteiger partial charge >= 0.3 is 13.7 Å². The van der Waals surface area contributed by atoms with Gasteiger partial charge < -0.3 is 24.8 Å². The molecule has 13 nitrogen and oxygen atoms in total. The van der Waals surface area contributed by atoms with Crippen LogP contribution in [0.25, 0.3) is 11.2 Å². The van der Waals surface area contributed by atoms with Crippen LogP contribution in [0.3, 0.4) is 0 Å². The number of nitrogens with one attached hydrogen (secondary N) is 1. The van der Waals surface area contributed by atoms with E-state index in [0.29, 0.717) is 11.2 Å². The highest BCUT2D eigenvalue weighted by Gasteiger charge is 2.39. The number of benzene rings is 1. The molecule has 0 amide bonds. The zero-order valence-corrected chi connectivity index (χ0v) is 20.4. The second-order valence-corrected chi connectivity index (χ2v) is 9.68. The van der Waals surface area contributed by atoms with Gasteiger partial charge in [0.15, 0.2) is 11.5 Å². The minimum absolute atomic E-state index is 0.00144. The van der Waals surface area contributed by atoms with Crippen molar-refractivity contribution in [3.63, 3.8) is 0 Å². The Hall–Kier alpha value is -3.35. The highest BCUT2D eigenvalue weighted by atomic mass is 31.2. The van der Waals surface area contributed by atoms with Gasteiger partial charge in [0.05, 0.1) is 19.0 Å². The van der Waals surface area contributed by atoms with Crippen molar-refractivity contribution in [3.05, 3.63) is 55.6 Å². The van der Waals surface area contributed by atoms with Crippen molar-refractivity contribution in [2.45, 2.75) is 37.8 Å². The minimum atomic E-state index is -4.11. The SMILES string of the molecule is C=CCOC(=O)[C@H](C)N[P@](=O)(OC[C@@H]1O[C@H](n2cnc3c(N)ncnc32)C[C@H]1O)Oc1ccccc1. The van der Waals surface area contributed by atoms with Gasteiger partial charge in [-0.05, 0) is 19.1 Å². The predicted octanol–water partition coefficient (Wildman–Crippen LogP) is 1.97. The van der Waals surface area contributed by atoms with E-state index >= 15 is 0 Å². The van der Waals surface area contributed by atoms with E-state index in [1.165, 1.54) is 25.7 Å². The molecule has 0 unspecified atom stereocenters. The molecule has 1 aromatic carbocycles. The number of rotatable bonds is 11. The zero-order valence-electron chi connectivity index (χ0n) is 19.5. The molecule has 192 valence electrons. The van der Waals surface area contributed by atoms with E-state index in [9.17, 15) is 14.5 Å². The molecule has 0 radical (unpaired) electrons. The van der Waals surface area contributed by atoms with Gasteiger partial charge in [0.25, 0.3) is 0 Å². The monoisotopic (exact) mass is 518 g/mol. The van der Waals surface area contributed by atoms with Crippen LogP contribution in [-0.4, -0.2) is 62.1 Å². The summed E-state index contributed by atoms with van der Waals surface area (Å²) in [6, 6.07) is 7.32. The molecule has 5 atom stereocenters. The number of para-hydroxylation sites is 1. The lowest BCUT2D eigenvalue weighted by Crippen LogP contribution is -2.36. The maximum Gasteiger partial charge on any atom is 0.459 e. The van der Waals surface area contributed by atoms with E-state index in [0.717, 1.165) is 0 Å². The Kier molecular flexibility index (Phi) is 7.97. The van der Waals surface area contributed by atoms with Gasteiger partial charge in [-0.1, -0.05) is 30.9 Å². The summed E-state index contributed by atoms with van der Waals surface area (Å²) in [5.41, 5.74) is 6.71. The highest BCUT2D eigenvalue weighted by Crippen LogP contribution is 2.46. The minimum Gasteiger partial charge on any atom is -0.460 e. The molecule has 0 saturated carbocycles. The first kappa shape index (κ1) is 25.7. The maximum absolute atomic E-state index is 13.6. The van der Waals surface area contributed by atoms with E-state index in [-0.39, 0.29) is 31.2 Å². The van der Waals surface area contributed by atoms with Crippen LogP contribution in [0.5, 0.6) is 5.75 Å². The van der Waals surface area contributed by atoms with Crippen molar-refractivity contribution < 1.29 is 33.0 Å². The largest absolute Gasteiger partial charge is 0.460 e. The molecule has 3 heterocycles. The molecule has 4 N–H and O–H groups in total. The summed E-state index contributed by atoms with van der Waals surface area (Å²) in [7, 11) is -4.11. The molecule has 2 aromatic heterocycles. The summed E-state index contributed by atoms with van der Waals surface area (Å²) in [4.78, 5) is 24.5. The number of hydrogen-bond donors (Lipinski definition) is 3. The van der Waals surface area contributed by atoms with Crippen LogP contribution < -0.4 is 15.3 Å². The second kappa shape index (κ2) is 11.1. The lowest BCUT2D eigenvalue weighted by atomic mass is 10.2. The Morgan fingerprint density at radius 1 is 1.39 bits per heavy atom. The van der Waals surface area contributed by atoms with E-state index in [2.05, 4.69) is 26.6 Å². The lowest BCUT2D eigenvalue weighted by Gasteiger charge is -2.24. The number of fused-ring (bicyclic) bond motifs is 1. The first-order valence-electron chi connectivity index (χ1n) is 11.1. The Balaban J connectivity index is 1.46. The smallest absolute Gasteiger partial charge is 0.459 e. The first-order valence-corrected chi connectivity index (χ1v) is 12.6. The molecule has 36 heavy (non-hydrogen) atoms. The van der Waals surface area contributed by atoms with Gasteiger partial charge in [0, 0.05) is 6.42 Å². The molecular weight excluding hydrogens is 491 g/mol. The molecule has 4 rings (SSSR count). The first-order chi connectivity index (χ1) is 17.3. The Morgan fingerprint density at radius 3 is 2.92 bits per heavy atom.